The number of carbonyl (C=O) groups is 2. The summed E-state index contributed by atoms with van der Waals surface area (Å²) in [5.74, 6) is 1.03. The normalized spacial score (nSPS) is 11.8. The molecule has 6 aromatic rings. The summed E-state index contributed by atoms with van der Waals surface area (Å²) in [6.45, 7) is 2.54. The lowest BCUT2D eigenvalue weighted by Crippen LogP contribution is -2.44. The molecule has 0 saturated carbocycles. The Morgan fingerprint density at radius 3 is 2.47 bits per heavy atom. The van der Waals surface area contributed by atoms with E-state index in [4.69, 9.17) is 16.6 Å². The number of benzene rings is 4. The van der Waals surface area contributed by atoms with Crippen LogP contribution in [0.25, 0.3) is 33.5 Å². The average Bonchev–Trinajstić information content (AvgIpc) is 3.75. The third-order valence-electron chi connectivity index (χ3n) is 7.93. The van der Waals surface area contributed by atoms with Crippen molar-refractivity contribution in [3.05, 3.63) is 119 Å². The molecule has 0 radical (unpaired) electrons. The van der Waals surface area contributed by atoms with Crippen molar-refractivity contribution >= 4 is 35.0 Å². The summed E-state index contributed by atoms with van der Waals surface area (Å²) in [4.78, 5) is 29.6. The van der Waals surface area contributed by atoms with E-state index in [9.17, 15) is 14.8 Å². The molecule has 0 bridgehead atoms. The maximum Gasteiger partial charge on any atom is 0.251 e. The second-order valence-electron chi connectivity index (χ2n) is 11.3. The van der Waals surface area contributed by atoms with Crippen LogP contribution in [0.3, 0.4) is 0 Å². The number of hydroxylamine groups is 2. The van der Waals surface area contributed by atoms with Gasteiger partial charge >= 0.3 is 0 Å². The number of H-pyrrole nitrogens is 1. The number of tetrazole rings is 1. The van der Waals surface area contributed by atoms with Gasteiger partial charge in [-0.05, 0) is 52.4 Å². The van der Waals surface area contributed by atoms with Crippen molar-refractivity contribution < 1.29 is 14.8 Å². The van der Waals surface area contributed by atoms with Gasteiger partial charge < -0.3 is 9.88 Å². The minimum Gasteiger partial charge on any atom is -0.347 e. The minimum atomic E-state index is -0.543. The number of carbonyl (C=O) groups excluding carboxylic acids is 2. The molecule has 0 spiro atoms. The van der Waals surface area contributed by atoms with E-state index in [0.717, 1.165) is 52.0 Å². The first-order valence-corrected chi connectivity index (χ1v) is 15.7. The summed E-state index contributed by atoms with van der Waals surface area (Å²) in [7, 11) is 0. The first-order valence-electron chi connectivity index (χ1n) is 15.3. The van der Waals surface area contributed by atoms with Gasteiger partial charge in [-0.1, -0.05) is 97.4 Å². The summed E-state index contributed by atoms with van der Waals surface area (Å²) in [5, 5.41) is 28.3. The number of fused-ring (bicyclic) bond motifs is 1. The Balaban J connectivity index is 1.29. The molecule has 0 aliphatic rings. The number of amides is 2. The number of hydrogen-bond acceptors (Lipinski definition) is 7. The predicted octanol–water partition coefficient (Wildman–Crippen LogP) is 5.73. The van der Waals surface area contributed by atoms with Crippen molar-refractivity contribution in [2.75, 3.05) is 6.54 Å². The smallest absolute Gasteiger partial charge is 0.251 e. The molecule has 3 N–H and O–H groups in total. The van der Waals surface area contributed by atoms with E-state index in [0.29, 0.717) is 46.4 Å². The lowest BCUT2D eigenvalue weighted by Gasteiger charge is -2.21. The van der Waals surface area contributed by atoms with E-state index in [-0.39, 0.29) is 12.5 Å². The van der Waals surface area contributed by atoms with Crippen LogP contribution in [0.15, 0.2) is 91.0 Å². The van der Waals surface area contributed by atoms with Crippen molar-refractivity contribution in [1.29, 1.82) is 0 Å². The first-order chi connectivity index (χ1) is 22.9. The van der Waals surface area contributed by atoms with Gasteiger partial charge in [0.2, 0.25) is 12.2 Å². The molecule has 0 saturated heterocycles. The molecule has 6 rings (SSSR count). The van der Waals surface area contributed by atoms with Gasteiger partial charge in [-0.25, -0.2) is 10.0 Å². The predicted molar refractivity (Wildman–Crippen MR) is 179 cm³/mol. The molecule has 12 heteroatoms. The van der Waals surface area contributed by atoms with Crippen LogP contribution >= 0.6 is 11.6 Å². The molecule has 0 aliphatic carbocycles. The van der Waals surface area contributed by atoms with Gasteiger partial charge in [0.05, 0.1) is 23.1 Å². The van der Waals surface area contributed by atoms with E-state index in [2.05, 4.69) is 61.7 Å². The van der Waals surface area contributed by atoms with Gasteiger partial charge in [-0.3, -0.25) is 14.8 Å². The van der Waals surface area contributed by atoms with Crippen molar-refractivity contribution in [3.8, 4) is 22.5 Å². The van der Waals surface area contributed by atoms with Crippen LogP contribution in [0.1, 0.15) is 40.7 Å². The Morgan fingerprint density at radius 1 is 1.02 bits per heavy atom. The lowest BCUT2D eigenvalue weighted by atomic mass is 9.98. The zero-order valence-corrected chi connectivity index (χ0v) is 26.4. The Kier molecular flexibility index (Phi) is 9.65. The molecule has 2 amide bonds. The fraction of sp³-hybridized carbons (Fsp3) is 0.200. The molecule has 47 heavy (non-hydrogen) atoms. The number of nitrogens with zero attached hydrogens (tertiary/aromatic N) is 6. The Bertz CT molecular complexity index is 1980. The van der Waals surface area contributed by atoms with E-state index >= 15 is 0 Å². The van der Waals surface area contributed by atoms with E-state index in [1.54, 1.807) is 12.1 Å². The van der Waals surface area contributed by atoms with Crippen molar-refractivity contribution in [2.24, 2.45) is 0 Å². The highest BCUT2D eigenvalue weighted by Gasteiger charge is 2.21. The highest BCUT2D eigenvalue weighted by molar-refractivity contribution is 6.35. The molecule has 0 unspecified atom stereocenters. The van der Waals surface area contributed by atoms with Crippen molar-refractivity contribution in [1.82, 2.24) is 40.6 Å². The monoisotopic (exact) mass is 648 g/mol. The van der Waals surface area contributed by atoms with Gasteiger partial charge in [-0.2, -0.15) is 5.21 Å². The molecular weight excluding hydrogens is 616 g/mol. The lowest BCUT2D eigenvalue weighted by molar-refractivity contribution is -0.150. The maximum absolute atomic E-state index is 13.6. The van der Waals surface area contributed by atoms with E-state index in [1.807, 2.05) is 54.6 Å². The van der Waals surface area contributed by atoms with Crippen molar-refractivity contribution in [3.63, 3.8) is 0 Å². The third kappa shape index (κ3) is 7.21. The Morgan fingerprint density at radius 2 is 1.77 bits per heavy atom. The fourth-order valence-electron chi connectivity index (χ4n) is 5.73. The standard InChI is InChI=1S/C35H33ClN8O3/c1-2-8-32-38-33-30(36)18-26(35(46)37-27(21-43(47)22-45)17-23-9-4-3-5-10-23)19-31(33)44(32)20-24-13-15-25(16-14-24)28-11-6-7-12-29(28)34-39-41-42-40-34/h3-7,9-16,18-19,22,27,47H,2,8,17,20-21H2,1H3,(H,37,46)(H,39,40,41,42)/t27-/m1/s1. The molecule has 11 nitrogen and oxygen atoms in total. The van der Waals surface area contributed by atoms with Crippen LogP contribution in [-0.2, 0) is 24.2 Å². The fourth-order valence-corrected chi connectivity index (χ4v) is 5.98. The number of imidazole rings is 1. The molecule has 4 aromatic carbocycles. The second-order valence-corrected chi connectivity index (χ2v) is 11.7. The van der Waals surface area contributed by atoms with Crippen LogP contribution in [0, 0.1) is 0 Å². The van der Waals surface area contributed by atoms with E-state index < -0.39 is 6.04 Å². The molecule has 0 aliphatic heterocycles. The number of nitrogens with one attached hydrogen (secondary N) is 2. The zero-order chi connectivity index (χ0) is 32.8. The number of aryl methyl sites for hydroxylation is 1. The number of aromatic amines is 1. The SMILES string of the molecule is CCCc1nc2c(Cl)cc(C(=O)N[C@H](Cc3ccccc3)CN(O)C=O)cc2n1Cc1ccc(-c2ccccc2-c2nn[nH]n2)cc1. The van der Waals surface area contributed by atoms with Crippen LogP contribution in [0.4, 0.5) is 0 Å². The Hall–Kier alpha value is -5.39. The highest BCUT2D eigenvalue weighted by atomic mass is 35.5. The van der Waals surface area contributed by atoms with Crippen LogP contribution < -0.4 is 5.32 Å². The summed E-state index contributed by atoms with van der Waals surface area (Å²) in [6, 6.07) is 28.6. The molecule has 0 fully saturated rings. The zero-order valence-electron chi connectivity index (χ0n) is 25.7. The van der Waals surface area contributed by atoms with Crippen molar-refractivity contribution in [2.45, 2.75) is 38.8 Å². The molecule has 2 heterocycles. The summed E-state index contributed by atoms with van der Waals surface area (Å²) >= 11 is 6.75. The van der Waals surface area contributed by atoms with Crippen LogP contribution in [0.2, 0.25) is 5.02 Å². The highest BCUT2D eigenvalue weighted by Crippen LogP contribution is 2.31. The van der Waals surface area contributed by atoms with Gasteiger partial charge in [0.15, 0.2) is 0 Å². The molecule has 2 aromatic heterocycles. The van der Waals surface area contributed by atoms with Gasteiger partial charge in [0.1, 0.15) is 11.3 Å². The van der Waals surface area contributed by atoms with Crippen LogP contribution in [0.5, 0.6) is 0 Å². The molecule has 238 valence electrons. The second kappa shape index (κ2) is 14.4. The number of halogens is 1. The summed E-state index contributed by atoms with van der Waals surface area (Å²) in [6.07, 6.45) is 2.36. The molecular formula is C35H33ClN8O3. The minimum absolute atomic E-state index is 0.0751. The first kappa shape index (κ1) is 31.6. The Labute approximate surface area is 276 Å². The van der Waals surface area contributed by atoms with Gasteiger partial charge in [0.25, 0.3) is 5.91 Å². The number of aromatic nitrogens is 6. The average molecular weight is 649 g/mol. The quantitative estimate of drug-likeness (QED) is 0.0825. The third-order valence-corrected chi connectivity index (χ3v) is 8.22. The largest absolute Gasteiger partial charge is 0.347 e. The number of rotatable bonds is 13. The number of hydrogen-bond donors (Lipinski definition) is 3. The van der Waals surface area contributed by atoms with Gasteiger partial charge in [0, 0.05) is 24.1 Å². The van der Waals surface area contributed by atoms with Gasteiger partial charge in [-0.15, -0.1) is 10.2 Å². The molecule has 1 atom stereocenters. The summed E-state index contributed by atoms with van der Waals surface area (Å²) in [5.41, 5.74) is 6.62. The maximum atomic E-state index is 13.6. The summed E-state index contributed by atoms with van der Waals surface area (Å²) < 4.78 is 2.10. The van der Waals surface area contributed by atoms with E-state index in [1.165, 1.54) is 0 Å². The topological polar surface area (TPSA) is 142 Å². The van der Waals surface area contributed by atoms with Crippen LogP contribution in [-0.4, -0.2) is 65.3 Å².